The molecule has 0 saturated heterocycles. The summed E-state index contributed by atoms with van der Waals surface area (Å²) >= 11 is 0. The monoisotopic (exact) mass is 271 g/mol. The standard InChI is InChI=1S/C15H17N3O2/c1-20-15-9-7-13(10-17-15)18-14(19)8-4-11-2-5-12(16)6-3-11/h2-3,5-7,9-10H,4,8,16H2,1H3,(H,18,19). The van der Waals surface area contributed by atoms with E-state index in [9.17, 15) is 4.79 Å². The van der Waals surface area contributed by atoms with Crippen LogP contribution in [0.3, 0.4) is 0 Å². The molecule has 20 heavy (non-hydrogen) atoms. The average molecular weight is 271 g/mol. The highest BCUT2D eigenvalue weighted by molar-refractivity contribution is 5.90. The van der Waals surface area contributed by atoms with Crippen molar-refractivity contribution in [2.24, 2.45) is 0 Å². The van der Waals surface area contributed by atoms with Crippen LogP contribution in [0.4, 0.5) is 11.4 Å². The molecule has 1 aromatic heterocycles. The van der Waals surface area contributed by atoms with Crippen LogP contribution in [-0.2, 0) is 11.2 Å². The van der Waals surface area contributed by atoms with Gasteiger partial charge in [0.15, 0.2) is 0 Å². The van der Waals surface area contributed by atoms with Crippen molar-refractivity contribution in [3.05, 3.63) is 48.2 Å². The lowest BCUT2D eigenvalue weighted by Gasteiger charge is -2.06. The average Bonchev–Trinajstić information content (AvgIpc) is 2.47. The molecule has 0 aliphatic rings. The number of rotatable bonds is 5. The summed E-state index contributed by atoms with van der Waals surface area (Å²) in [6.07, 6.45) is 2.66. The van der Waals surface area contributed by atoms with E-state index in [0.29, 0.717) is 24.4 Å². The molecule has 0 radical (unpaired) electrons. The highest BCUT2D eigenvalue weighted by Gasteiger charge is 2.04. The molecule has 5 heteroatoms. The summed E-state index contributed by atoms with van der Waals surface area (Å²) in [7, 11) is 1.55. The number of pyridine rings is 1. The largest absolute Gasteiger partial charge is 0.481 e. The van der Waals surface area contributed by atoms with Crippen LogP contribution < -0.4 is 15.8 Å². The number of amides is 1. The van der Waals surface area contributed by atoms with Gasteiger partial charge in [-0.3, -0.25) is 4.79 Å². The van der Waals surface area contributed by atoms with E-state index in [1.165, 1.54) is 0 Å². The van der Waals surface area contributed by atoms with E-state index >= 15 is 0 Å². The molecule has 0 saturated carbocycles. The molecule has 2 rings (SSSR count). The molecule has 0 aliphatic carbocycles. The Labute approximate surface area is 117 Å². The first-order chi connectivity index (χ1) is 9.67. The minimum absolute atomic E-state index is 0.0474. The van der Waals surface area contributed by atoms with Crippen LogP contribution in [0.2, 0.25) is 0 Å². The van der Waals surface area contributed by atoms with E-state index in [1.807, 2.05) is 24.3 Å². The Hall–Kier alpha value is -2.56. The molecule has 1 heterocycles. The van der Waals surface area contributed by atoms with E-state index in [2.05, 4.69) is 10.3 Å². The van der Waals surface area contributed by atoms with Crippen LogP contribution in [0.25, 0.3) is 0 Å². The van der Waals surface area contributed by atoms with Gasteiger partial charge in [-0.05, 0) is 30.2 Å². The number of nitrogens with two attached hydrogens (primary N) is 1. The van der Waals surface area contributed by atoms with Gasteiger partial charge in [-0.2, -0.15) is 0 Å². The number of ether oxygens (including phenoxy) is 1. The normalized spacial score (nSPS) is 10.1. The molecule has 0 aliphatic heterocycles. The highest BCUT2D eigenvalue weighted by atomic mass is 16.5. The number of nitrogens with zero attached hydrogens (tertiary/aromatic N) is 1. The third kappa shape index (κ3) is 3.98. The lowest BCUT2D eigenvalue weighted by Crippen LogP contribution is -2.12. The number of anilines is 2. The van der Waals surface area contributed by atoms with Gasteiger partial charge in [0.25, 0.3) is 0 Å². The van der Waals surface area contributed by atoms with Crippen molar-refractivity contribution in [3.8, 4) is 5.88 Å². The van der Waals surface area contributed by atoms with Crippen molar-refractivity contribution < 1.29 is 9.53 Å². The third-order valence-electron chi connectivity index (χ3n) is 2.85. The summed E-state index contributed by atoms with van der Waals surface area (Å²) in [6, 6.07) is 11.0. The molecule has 104 valence electrons. The smallest absolute Gasteiger partial charge is 0.224 e. The van der Waals surface area contributed by atoms with Gasteiger partial charge in [0, 0.05) is 18.2 Å². The molecule has 1 amide bonds. The number of benzene rings is 1. The first-order valence-electron chi connectivity index (χ1n) is 6.31. The van der Waals surface area contributed by atoms with Gasteiger partial charge in [0.05, 0.1) is 19.0 Å². The highest BCUT2D eigenvalue weighted by Crippen LogP contribution is 2.12. The summed E-state index contributed by atoms with van der Waals surface area (Å²) in [6.45, 7) is 0. The van der Waals surface area contributed by atoms with Crippen molar-refractivity contribution in [2.75, 3.05) is 18.2 Å². The lowest BCUT2D eigenvalue weighted by molar-refractivity contribution is -0.116. The maximum atomic E-state index is 11.8. The molecule has 0 spiro atoms. The second-order valence-electron chi connectivity index (χ2n) is 4.38. The molecule has 3 N–H and O–H groups in total. The van der Waals surface area contributed by atoms with E-state index in [-0.39, 0.29) is 5.91 Å². The summed E-state index contributed by atoms with van der Waals surface area (Å²) in [4.78, 5) is 15.8. The SMILES string of the molecule is COc1ccc(NC(=O)CCc2ccc(N)cc2)cn1. The van der Waals surface area contributed by atoms with Crippen molar-refractivity contribution >= 4 is 17.3 Å². The lowest BCUT2D eigenvalue weighted by atomic mass is 10.1. The quantitative estimate of drug-likeness (QED) is 0.818. The predicted molar refractivity (Wildman–Crippen MR) is 78.6 cm³/mol. The van der Waals surface area contributed by atoms with Crippen molar-refractivity contribution in [1.82, 2.24) is 4.98 Å². The molecule has 0 unspecified atom stereocenters. The number of aryl methyl sites for hydroxylation is 1. The van der Waals surface area contributed by atoms with Crippen LogP contribution in [0.1, 0.15) is 12.0 Å². The molecule has 0 atom stereocenters. The molecule has 0 fully saturated rings. The number of hydrogen-bond acceptors (Lipinski definition) is 4. The molecule has 0 bridgehead atoms. The first-order valence-corrected chi connectivity index (χ1v) is 6.31. The number of nitrogens with one attached hydrogen (secondary N) is 1. The minimum Gasteiger partial charge on any atom is -0.481 e. The first kappa shape index (κ1) is 13.9. The number of aromatic nitrogens is 1. The summed E-state index contributed by atoms with van der Waals surface area (Å²) in [5.41, 5.74) is 8.08. The Bertz CT molecular complexity index is 565. The zero-order chi connectivity index (χ0) is 14.4. The topological polar surface area (TPSA) is 77.2 Å². The third-order valence-corrected chi connectivity index (χ3v) is 2.85. The fourth-order valence-electron chi connectivity index (χ4n) is 1.74. The molecule has 1 aromatic carbocycles. The summed E-state index contributed by atoms with van der Waals surface area (Å²) < 4.78 is 4.96. The van der Waals surface area contributed by atoms with Gasteiger partial charge >= 0.3 is 0 Å². The number of hydrogen-bond donors (Lipinski definition) is 2. The van der Waals surface area contributed by atoms with Crippen molar-refractivity contribution in [3.63, 3.8) is 0 Å². The van der Waals surface area contributed by atoms with Crippen LogP contribution in [0.5, 0.6) is 5.88 Å². The summed E-state index contributed by atoms with van der Waals surface area (Å²) in [5.74, 6) is 0.471. The number of nitrogen functional groups attached to an aromatic ring is 1. The second kappa shape index (κ2) is 6.56. The Morgan fingerprint density at radius 2 is 2.00 bits per heavy atom. The van der Waals surface area contributed by atoms with Crippen LogP contribution in [0, 0.1) is 0 Å². The number of methoxy groups -OCH3 is 1. The van der Waals surface area contributed by atoms with Crippen molar-refractivity contribution in [1.29, 1.82) is 0 Å². The maximum absolute atomic E-state index is 11.8. The second-order valence-corrected chi connectivity index (χ2v) is 4.38. The van der Waals surface area contributed by atoms with Gasteiger partial charge in [-0.15, -0.1) is 0 Å². The fraction of sp³-hybridized carbons (Fsp3) is 0.200. The minimum atomic E-state index is -0.0474. The molecule has 2 aromatic rings. The predicted octanol–water partition coefficient (Wildman–Crippen LogP) is 2.24. The Morgan fingerprint density at radius 3 is 2.60 bits per heavy atom. The van der Waals surface area contributed by atoms with Gasteiger partial charge in [0.1, 0.15) is 0 Å². The van der Waals surface area contributed by atoms with E-state index < -0.39 is 0 Å². The van der Waals surface area contributed by atoms with Crippen LogP contribution in [-0.4, -0.2) is 18.0 Å². The van der Waals surface area contributed by atoms with Gasteiger partial charge in [-0.25, -0.2) is 4.98 Å². The van der Waals surface area contributed by atoms with Crippen LogP contribution >= 0.6 is 0 Å². The Balaban J connectivity index is 1.84. The van der Waals surface area contributed by atoms with E-state index in [1.54, 1.807) is 25.4 Å². The van der Waals surface area contributed by atoms with Crippen molar-refractivity contribution in [2.45, 2.75) is 12.8 Å². The zero-order valence-electron chi connectivity index (χ0n) is 11.3. The van der Waals surface area contributed by atoms with Crippen LogP contribution in [0.15, 0.2) is 42.6 Å². The summed E-state index contributed by atoms with van der Waals surface area (Å²) in [5, 5.41) is 2.79. The van der Waals surface area contributed by atoms with Gasteiger partial charge in [0.2, 0.25) is 11.8 Å². The molecular weight excluding hydrogens is 254 g/mol. The Kier molecular flexibility index (Phi) is 4.55. The number of carbonyl (C=O) groups is 1. The maximum Gasteiger partial charge on any atom is 0.224 e. The van der Waals surface area contributed by atoms with E-state index in [0.717, 1.165) is 11.3 Å². The molecule has 5 nitrogen and oxygen atoms in total. The van der Waals surface area contributed by atoms with E-state index in [4.69, 9.17) is 10.5 Å². The van der Waals surface area contributed by atoms with Gasteiger partial charge < -0.3 is 15.8 Å². The molecular formula is C15H17N3O2. The fourth-order valence-corrected chi connectivity index (χ4v) is 1.74. The number of carbonyl (C=O) groups excluding carboxylic acids is 1. The Morgan fingerprint density at radius 1 is 1.25 bits per heavy atom. The zero-order valence-corrected chi connectivity index (χ0v) is 11.3. The van der Waals surface area contributed by atoms with Gasteiger partial charge in [-0.1, -0.05) is 12.1 Å².